The highest BCUT2D eigenvalue weighted by Gasteiger charge is 2.26. The lowest BCUT2D eigenvalue weighted by atomic mass is 10.5. The predicted molar refractivity (Wildman–Crippen MR) is 69.3 cm³/mol. The Labute approximate surface area is 113 Å². The van der Waals surface area contributed by atoms with Gasteiger partial charge in [-0.1, -0.05) is 22.9 Å². The Balaban J connectivity index is 2.18. The number of nitrogens with zero attached hydrogens (tertiary/aromatic N) is 2. The van der Waals surface area contributed by atoms with Gasteiger partial charge in [-0.05, 0) is 0 Å². The van der Waals surface area contributed by atoms with E-state index in [1.807, 2.05) is 4.90 Å². The van der Waals surface area contributed by atoms with E-state index in [0.717, 1.165) is 11.3 Å². The minimum Gasteiger partial charge on any atom is -0.465 e. The second-order valence-corrected chi connectivity index (χ2v) is 7.39. The lowest BCUT2D eigenvalue weighted by Crippen LogP contribution is -2.40. The summed E-state index contributed by atoms with van der Waals surface area (Å²) in [4.78, 5) is 17.5. The van der Waals surface area contributed by atoms with Crippen molar-refractivity contribution in [3.8, 4) is 0 Å². The van der Waals surface area contributed by atoms with E-state index >= 15 is 0 Å². The summed E-state index contributed by atoms with van der Waals surface area (Å²) >= 11 is 6.96. The number of halogens is 1. The van der Waals surface area contributed by atoms with E-state index in [0.29, 0.717) is 18.2 Å². The molecule has 0 aliphatic carbocycles. The number of carbonyl (C=O) groups excluding carboxylic acids is 1. The van der Waals surface area contributed by atoms with Crippen LogP contribution in [0.25, 0.3) is 0 Å². The van der Waals surface area contributed by atoms with Crippen LogP contribution in [0.2, 0.25) is 5.15 Å². The molecule has 0 saturated carbocycles. The second kappa shape index (κ2) is 5.02. The Bertz CT molecular complexity index is 555. The highest BCUT2D eigenvalue weighted by molar-refractivity contribution is 7.91. The number of esters is 1. The Morgan fingerprint density at radius 2 is 2.06 bits per heavy atom. The lowest BCUT2D eigenvalue weighted by Gasteiger charge is -2.25. The molecule has 2 heterocycles. The van der Waals surface area contributed by atoms with Gasteiger partial charge in [-0.25, -0.2) is 18.2 Å². The number of hydrogen-bond acceptors (Lipinski definition) is 7. The molecule has 0 spiro atoms. The van der Waals surface area contributed by atoms with Gasteiger partial charge in [0.05, 0.1) is 18.6 Å². The molecule has 100 valence electrons. The normalized spacial score (nSPS) is 18.7. The van der Waals surface area contributed by atoms with Crippen LogP contribution in [0.4, 0.5) is 5.13 Å². The lowest BCUT2D eigenvalue weighted by molar-refractivity contribution is 0.0606. The van der Waals surface area contributed by atoms with E-state index in [4.69, 9.17) is 11.6 Å². The van der Waals surface area contributed by atoms with Gasteiger partial charge < -0.3 is 9.64 Å². The summed E-state index contributed by atoms with van der Waals surface area (Å²) < 4.78 is 27.2. The third-order valence-electron chi connectivity index (χ3n) is 2.56. The number of methoxy groups -OCH3 is 1. The fourth-order valence-electron chi connectivity index (χ4n) is 1.55. The minimum atomic E-state index is -2.94. The van der Waals surface area contributed by atoms with E-state index in [9.17, 15) is 13.2 Å². The van der Waals surface area contributed by atoms with E-state index in [1.54, 1.807) is 0 Å². The number of hydrogen-bond donors (Lipinski definition) is 0. The van der Waals surface area contributed by atoms with E-state index in [1.165, 1.54) is 7.11 Å². The van der Waals surface area contributed by atoms with Gasteiger partial charge in [-0.2, -0.15) is 0 Å². The van der Waals surface area contributed by atoms with Gasteiger partial charge in [0, 0.05) is 13.1 Å². The molecule has 1 saturated heterocycles. The Morgan fingerprint density at radius 3 is 2.61 bits per heavy atom. The first-order valence-electron chi connectivity index (χ1n) is 5.13. The average Bonchev–Trinajstić information content (AvgIpc) is 2.70. The standard InChI is InChI=1S/C9H11ClN2O4S2/c1-16-8(13)6-7(10)11-9(17-6)12-2-4-18(14,15)5-3-12/h2-5H2,1H3. The third-order valence-corrected chi connectivity index (χ3v) is 5.65. The molecule has 1 aromatic heterocycles. The molecular formula is C9H11ClN2O4S2. The average molecular weight is 311 g/mol. The van der Waals surface area contributed by atoms with Crippen molar-refractivity contribution in [1.82, 2.24) is 4.98 Å². The summed E-state index contributed by atoms with van der Waals surface area (Å²) in [7, 11) is -1.67. The zero-order valence-corrected chi connectivity index (χ0v) is 11.9. The highest BCUT2D eigenvalue weighted by Crippen LogP contribution is 2.30. The molecule has 18 heavy (non-hydrogen) atoms. The number of aromatic nitrogens is 1. The number of sulfone groups is 1. The van der Waals surface area contributed by atoms with Crippen LogP contribution in [0.5, 0.6) is 0 Å². The fourth-order valence-corrected chi connectivity index (χ4v) is 4.00. The number of thiazole rings is 1. The Morgan fingerprint density at radius 1 is 1.44 bits per heavy atom. The Kier molecular flexibility index (Phi) is 3.79. The predicted octanol–water partition coefficient (Wildman–Crippen LogP) is 0.818. The van der Waals surface area contributed by atoms with Crippen LogP contribution in [-0.2, 0) is 14.6 Å². The first-order chi connectivity index (χ1) is 8.43. The van der Waals surface area contributed by atoms with E-state index in [-0.39, 0.29) is 21.5 Å². The zero-order valence-electron chi connectivity index (χ0n) is 9.55. The first kappa shape index (κ1) is 13.6. The zero-order chi connectivity index (χ0) is 13.3. The van der Waals surface area contributed by atoms with Crippen LogP contribution in [0.15, 0.2) is 0 Å². The molecule has 6 nitrogen and oxygen atoms in total. The van der Waals surface area contributed by atoms with Crippen molar-refractivity contribution in [2.24, 2.45) is 0 Å². The Hall–Kier alpha value is -0.860. The second-order valence-electron chi connectivity index (χ2n) is 3.75. The third kappa shape index (κ3) is 2.76. The molecule has 0 aromatic carbocycles. The van der Waals surface area contributed by atoms with E-state index in [2.05, 4.69) is 9.72 Å². The van der Waals surface area contributed by atoms with Crippen LogP contribution in [0.1, 0.15) is 9.67 Å². The van der Waals surface area contributed by atoms with Gasteiger partial charge in [-0.15, -0.1) is 0 Å². The largest absolute Gasteiger partial charge is 0.465 e. The van der Waals surface area contributed by atoms with Crippen LogP contribution < -0.4 is 4.90 Å². The number of ether oxygens (including phenoxy) is 1. The highest BCUT2D eigenvalue weighted by atomic mass is 35.5. The molecule has 0 bridgehead atoms. The van der Waals surface area contributed by atoms with Gasteiger partial charge in [0.1, 0.15) is 0 Å². The molecule has 2 rings (SSSR count). The maximum atomic E-state index is 11.4. The van der Waals surface area contributed by atoms with Gasteiger partial charge in [0.25, 0.3) is 0 Å². The fraction of sp³-hybridized carbons (Fsp3) is 0.556. The van der Waals surface area contributed by atoms with Gasteiger partial charge in [0.2, 0.25) is 0 Å². The summed E-state index contributed by atoms with van der Waals surface area (Å²) in [5, 5.41) is 0.644. The SMILES string of the molecule is COC(=O)c1sc(N2CCS(=O)(=O)CC2)nc1Cl. The molecule has 0 atom stereocenters. The summed E-state index contributed by atoms with van der Waals surface area (Å²) in [6.07, 6.45) is 0. The number of rotatable bonds is 2. The summed E-state index contributed by atoms with van der Waals surface area (Å²) in [5.41, 5.74) is 0. The van der Waals surface area contributed by atoms with Crippen molar-refractivity contribution in [2.45, 2.75) is 0 Å². The molecular weight excluding hydrogens is 300 g/mol. The van der Waals surface area contributed by atoms with Crippen molar-refractivity contribution in [1.29, 1.82) is 0 Å². The van der Waals surface area contributed by atoms with Crippen molar-refractivity contribution in [3.05, 3.63) is 10.0 Å². The number of carbonyl (C=O) groups is 1. The molecule has 0 radical (unpaired) electrons. The minimum absolute atomic E-state index is 0.0929. The van der Waals surface area contributed by atoms with Gasteiger partial charge >= 0.3 is 5.97 Å². The maximum absolute atomic E-state index is 11.4. The monoisotopic (exact) mass is 310 g/mol. The maximum Gasteiger partial charge on any atom is 0.351 e. The van der Waals surface area contributed by atoms with Crippen LogP contribution in [0, 0.1) is 0 Å². The summed E-state index contributed by atoms with van der Waals surface area (Å²) in [6.45, 7) is 0.736. The molecule has 1 fully saturated rings. The quantitative estimate of drug-likeness (QED) is 0.753. The molecule has 1 aromatic rings. The smallest absolute Gasteiger partial charge is 0.351 e. The van der Waals surface area contributed by atoms with Crippen molar-refractivity contribution >= 4 is 43.9 Å². The van der Waals surface area contributed by atoms with Crippen molar-refractivity contribution in [2.75, 3.05) is 36.6 Å². The van der Waals surface area contributed by atoms with Crippen molar-refractivity contribution in [3.63, 3.8) is 0 Å². The van der Waals surface area contributed by atoms with Gasteiger partial charge in [0.15, 0.2) is 25.0 Å². The van der Waals surface area contributed by atoms with Crippen LogP contribution in [-0.4, -0.2) is 51.1 Å². The molecule has 9 heteroatoms. The molecule has 1 aliphatic rings. The molecule has 1 aliphatic heterocycles. The summed E-state index contributed by atoms with van der Waals surface area (Å²) in [5.74, 6) is -0.344. The van der Waals surface area contributed by atoms with Crippen LogP contribution >= 0.6 is 22.9 Å². The van der Waals surface area contributed by atoms with Crippen LogP contribution in [0.3, 0.4) is 0 Å². The van der Waals surface area contributed by atoms with Crippen molar-refractivity contribution < 1.29 is 17.9 Å². The topological polar surface area (TPSA) is 76.6 Å². The number of anilines is 1. The van der Waals surface area contributed by atoms with E-state index < -0.39 is 15.8 Å². The first-order valence-corrected chi connectivity index (χ1v) is 8.14. The van der Waals surface area contributed by atoms with Gasteiger partial charge in [-0.3, -0.25) is 0 Å². The molecule has 0 amide bonds. The molecule has 0 unspecified atom stereocenters. The molecule has 0 N–H and O–H groups in total. The summed E-state index contributed by atoms with van der Waals surface area (Å²) in [6, 6.07) is 0.